The zero-order valence-electron chi connectivity index (χ0n) is 6.50. The van der Waals surface area contributed by atoms with E-state index in [2.05, 4.69) is 36.7 Å². The van der Waals surface area contributed by atoms with Crippen LogP contribution in [0.15, 0.2) is 10.1 Å². The van der Waals surface area contributed by atoms with Crippen molar-refractivity contribution < 1.29 is 0 Å². The lowest BCUT2D eigenvalue weighted by molar-refractivity contribution is 0.949. The molecule has 0 aliphatic heterocycles. The normalized spacial score (nSPS) is 9.33. The lowest BCUT2D eigenvalue weighted by Crippen LogP contribution is -1.80. The fourth-order valence-corrected chi connectivity index (χ4v) is 1.44. The van der Waals surface area contributed by atoms with E-state index in [9.17, 15) is 0 Å². The van der Waals surface area contributed by atoms with Crippen molar-refractivity contribution >= 4 is 15.9 Å². The molecule has 1 heteroatoms. The minimum Gasteiger partial charge on any atom is -0.0616 e. The standard InChI is InChI=1S/C8H15Br/c1-4-7(5-2)8(9)6-3/h4-6H2,1-3H3. The Labute approximate surface area is 66.5 Å². The molecule has 0 fully saturated rings. The van der Waals surface area contributed by atoms with Crippen LogP contribution in [0.5, 0.6) is 0 Å². The summed E-state index contributed by atoms with van der Waals surface area (Å²) < 4.78 is 1.40. The van der Waals surface area contributed by atoms with E-state index in [1.165, 1.54) is 17.3 Å². The van der Waals surface area contributed by atoms with Crippen LogP contribution >= 0.6 is 15.9 Å². The molecule has 0 aromatic carbocycles. The van der Waals surface area contributed by atoms with Crippen molar-refractivity contribution in [3.8, 4) is 0 Å². The van der Waals surface area contributed by atoms with E-state index in [4.69, 9.17) is 0 Å². The maximum atomic E-state index is 3.54. The van der Waals surface area contributed by atoms with Gasteiger partial charge in [0.15, 0.2) is 0 Å². The van der Waals surface area contributed by atoms with Gasteiger partial charge in [0.05, 0.1) is 0 Å². The fraction of sp³-hybridized carbons (Fsp3) is 0.750. The van der Waals surface area contributed by atoms with Crippen LogP contribution in [0.2, 0.25) is 0 Å². The molecule has 0 N–H and O–H groups in total. The van der Waals surface area contributed by atoms with Crippen LogP contribution in [0.3, 0.4) is 0 Å². The summed E-state index contributed by atoms with van der Waals surface area (Å²) in [7, 11) is 0. The number of hydrogen-bond acceptors (Lipinski definition) is 0. The Hall–Kier alpha value is 0.220. The van der Waals surface area contributed by atoms with Crippen LogP contribution in [0.4, 0.5) is 0 Å². The summed E-state index contributed by atoms with van der Waals surface area (Å²) in [5, 5.41) is 0. The first kappa shape index (κ1) is 9.22. The summed E-state index contributed by atoms with van der Waals surface area (Å²) in [5.41, 5.74) is 1.55. The SMILES string of the molecule is CCC(Br)=C(CC)CC. The second-order valence-corrected chi connectivity index (χ2v) is 3.03. The highest BCUT2D eigenvalue weighted by Crippen LogP contribution is 2.20. The first-order valence-electron chi connectivity index (χ1n) is 3.62. The van der Waals surface area contributed by atoms with Gasteiger partial charge in [-0.1, -0.05) is 42.3 Å². The zero-order chi connectivity index (χ0) is 7.28. The third-order valence-corrected chi connectivity index (χ3v) is 2.67. The van der Waals surface area contributed by atoms with Gasteiger partial charge in [-0.25, -0.2) is 0 Å². The summed E-state index contributed by atoms with van der Waals surface area (Å²) >= 11 is 3.54. The Morgan fingerprint density at radius 3 is 1.56 bits per heavy atom. The second-order valence-electron chi connectivity index (χ2n) is 2.07. The highest BCUT2D eigenvalue weighted by atomic mass is 79.9. The molecule has 0 aliphatic carbocycles. The van der Waals surface area contributed by atoms with Crippen LogP contribution in [0, 0.1) is 0 Å². The van der Waals surface area contributed by atoms with E-state index in [1.807, 2.05) is 0 Å². The maximum Gasteiger partial charge on any atom is -0.00603 e. The number of halogens is 1. The molecule has 54 valence electrons. The Morgan fingerprint density at radius 1 is 1.00 bits per heavy atom. The van der Waals surface area contributed by atoms with Gasteiger partial charge in [0, 0.05) is 0 Å². The highest BCUT2D eigenvalue weighted by Gasteiger charge is 1.95. The Morgan fingerprint density at radius 2 is 1.44 bits per heavy atom. The Balaban J connectivity index is 4.01. The van der Waals surface area contributed by atoms with Gasteiger partial charge in [0.2, 0.25) is 0 Å². The third kappa shape index (κ3) is 3.04. The van der Waals surface area contributed by atoms with Crippen molar-refractivity contribution in [3.63, 3.8) is 0 Å². The van der Waals surface area contributed by atoms with Crippen LogP contribution in [-0.4, -0.2) is 0 Å². The molecule has 0 amide bonds. The average molecular weight is 191 g/mol. The van der Waals surface area contributed by atoms with Gasteiger partial charge in [-0.15, -0.1) is 0 Å². The second kappa shape index (κ2) is 5.04. The smallest absolute Gasteiger partial charge is 0.00603 e. The molecular weight excluding hydrogens is 176 g/mol. The van der Waals surface area contributed by atoms with Crippen molar-refractivity contribution in [2.45, 2.75) is 40.0 Å². The molecule has 9 heavy (non-hydrogen) atoms. The predicted molar refractivity (Wildman–Crippen MR) is 46.8 cm³/mol. The fourth-order valence-electron chi connectivity index (χ4n) is 0.884. The van der Waals surface area contributed by atoms with E-state index in [0.29, 0.717) is 0 Å². The lowest BCUT2D eigenvalue weighted by atomic mass is 10.1. The zero-order valence-corrected chi connectivity index (χ0v) is 8.09. The molecule has 0 unspecified atom stereocenters. The van der Waals surface area contributed by atoms with E-state index in [0.717, 1.165) is 6.42 Å². The molecule has 0 spiro atoms. The van der Waals surface area contributed by atoms with Gasteiger partial charge >= 0.3 is 0 Å². The topological polar surface area (TPSA) is 0 Å². The highest BCUT2D eigenvalue weighted by molar-refractivity contribution is 9.11. The number of rotatable bonds is 3. The van der Waals surface area contributed by atoms with Gasteiger partial charge in [0.1, 0.15) is 0 Å². The van der Waals surface area contributed by atoms with E-state index >= 15 is 0 Å². The summed E-state index contributed by atoms with van der Waals surface area (Å²) in [4.78, 5) is 0. The largest absolute Gasteiger partial charge is 0.0616 e. The van der Waals surface area contributed by atoms with E-state index in [-0.39, 0.29) is 0 Å². The van der Waals surface area contributed by atoms with E-state index in [1.54, 1.807) is 5.57 Å². The van der Waals surface area contributed by atoms with Gasteiger partial charge in [-0.05, 0) is 23.7 Å². The minimum absolute atomic E-state index is 1.14. The first-order chi connectivity index (χ1) is 4.26. The number of hydrogen-bond donors (Lipinski definition) is 0. The van der Waals surface area contributed by atoms with Gasteiger partial charge in [-0.3, -0.25) is 0 Å². The Kier molecular flexibility index (Phi) is 5.16. The van der Waals surface area contributed by atoms with Crippen LogP contribution in [-0.2, 0) is 0 Å². The first-order valence-corrected chi connectivity index (χ1v) is 4.41. The van der Waals surface area contributed by atoms with Crippen molar-refractivity contribution in [1.82, 2.24) is 0 Å². The predicted octanol–water partition coefficient (Wildman–Crippen LogP) is 3.87. The van der Waals surface area contributed by atoms with Crippen molar-refractivity contribution in [1.29, 1.82) is 0 Å². The van der Waals surface area contributed by atoms with Crippen LogP contribution in [0.25, 0.3) is 0 Å². The summed E-state index contributed by atoms with van der Waals surface area (Å²) in [6.45, 7) is 6.58. The lowest BCUT2D eigenvalue weighted by Gasteiger charge is -2.02. The summed E-state index contributed by atoms with van der Waals surface area (Å²) in [6.07, 6.45) is 3.51. The molecule has 0 rings (SSSR count). The molecule has 0 radical (unpaired) electrons. The minimum atomic E-state index is 1.14. The molecule has 0 heterocycles. The number of allylic oxidation sites excluding steroid dienone is 2. The van der Waals surface area contributed by atoms with Crippen LogP contribution in [0.1, 0.15) is 40.0 Å². The van der Waals surface area contributed by atoms with Crippen molar-refractivity contribution in [2.75, 3.05) is 0 Å². The van der Waals surface area contributed by atoms with E-state index < -0.39 is 0 Å². The molecular formula is C8H15Br. The molecule has 0 bridgehead atoms. The molecule has 0 aromatic heterocycles. The summed E-state index contributed by atoms with van der Waals surface area (Å²) in [6, 6.07) is 0. The van der Waals surface area contributed by atoms with Gasteiger partial charge < -0.3 is 0 Å². The van der Waals surface area contributed by atoms with Crippen molar-refractivity contribution in [2.24, 2.45) is 0 Å². The van der Waals surface area contributed by atoms with Gasteiger partial charge in [-0.2, -0.15) is 0 Å². The molecule has 0 atom stereocenters. The van der Waals surface area contributed by atoms with Crippen molar-refractivity contribution in [3.05, 3.63) is 10.1 Å². The third-order valence-electron chi connectivity index (χ3n) is 1.55. The van der Waals surface area contributed by atoms with Gasteiger partial charge in [0.25, 0.3) is 0 Å². The molecule has 0 saturated carbocycles. The van der Waals surface area contributed by atoms with Crippen LogP contribution < -0.4 is 0 Å². The molecule has 0 saturated heterocycles. The summed E-state index contributed by atoms with van der Waals surface area (Å²) in [5.74, 6) is 0. The molecule has 0 aliphatic rings. The Bertz CT molecular complexity index is 97.1. The molecule has 0 nitrogen and oxygen atoms in total. The maximum absolute atomic E-state index is 3.54. The quantitative estimate of drug-likeness (QED) is 0.635. The average Bonchev–Trinajstić information content (AvgIpc) is 1.90. The monoisotopic (exact) mass is 190 g/mol. The molecule has 0 aromatic rings.